The predicted molar refractivity (Wildman–Crippen MR) is 98.2 cm³/mol. The Kier molecular flexibility index (Phi) is 4.20. The zero-order chi connectivity index (χ0) is 17.2. The number of aromatic amines is 1. The van der Waals surface area contributed by atoms with Gasteiger partial charge in [0.25, 0.3) is 5.91 Å². The van der Waals surface area contributed by atoms with Crippen LogP contribution in [-0.2, 0) is 0 Å². The summed E-state index contributed by atoms with van der Waals surface area (Å²) in [6, 6.07) is 6.01. The number of rotatable bonds is 6. The smallest absolute Gasteiger partial charge is 0.273 e. The third-order valence-electron chi connectivity index (χ3n) is 4.37. The minimum atomic E-state index is -0.0796. The van der Waals surface area contributed by atoms with Gasteiger partial charge in [-0.15, -0.1) is 11.3 Å². The normalized spacial score (nSPS) is 13.7. The molecule has 7 heteroatoms. The van der Waals surface area contributed by atoms with Gasteiger partial charge in [0.2, 0.25) is 0 Å². The fourth-order valence-electron chi connectivity index (χ4n) is 2.88. The lowest BCUT2D eigenvalue weighted by Gasteiger charge is -2.20. The van der Waals surface area contributed by atoms with Crippen LogP contribution in [0.15, 0.2) is 29.9 Å². The summed E-state index contributed by atoms with van der Waals surface area (Å²) in [7, 11) is 0. The number of fused-ring (bicyclic) bond motifs is 1. The quantitative estimate of drug-likeness (QED) is 0.732. The minimum Gasteiger partial charge on any atom is -0.346 e. The van der Waals surface area contributed by atoms with E-state index in [0.717, 1.165) is 28.1 Å². The highest BCUT2D eigenvalue weighted by Gasteiger charge is 2.28. The summed E-state index contributed by atoms with van der Waals surface area (Å²) >= 11 is 1.46. The molecule has 3 heterocycles. The van der Waals surface area contributed by atoms with Crippen molar-refractivity contribution < 1.29 is 6.22 Å². The van der Waals surface area contributed by atoms with Gasteiger partial charge in [-0.25, -0.2) is 9.97 Å². The van der Waals surface area contributed by atoms with Crippen molar-refractivity contribution in [1.29, 1.82) is 5.26 Å². The molecule has 25 heavy (non-hydrogen) atoms. The highest BCUT2D eigenvalue weighted by molar-refractivity contribution is 7.13. The van der Waals surface area contributed by atoms with Crippen LogP contribution in [-0.4, -0.2) is 38.8 Å². The van der Waals surface area contributed by atoms with Gasteiger partial charge in [-0.1, -0.05) is 0 Å². The lowest BCUT2D eigenvalue weighted by atomic mass is 10.2. The molecule has 0 aliphatic heterocycles. The lowest BCUT2D eigenvalue weighted by Crippen LogP contribution is -2.34. The number of pyridine rings is 1. The molecule has 0 spiro atoms. The van der Waals surface area contributed by atoms with Crippen molar-refractivity contribution in [3.05, 3.63) is 35.6 Å². The van der Waals surface area contributed by atoms with Crippen LogP contribution in [0.2, 0.25) is 0 Å². The third kappa shape index (κ3) is 3.26. The zero-order valence-electron chi connectivity index (χ0n) is 13.6. The topological polar surface area (TPSA) is 85.7 Å². The van der Waals surface area contributed by atoms with E-state index in [1.165, 1.54) is 24.2 Å². The van der Waals surface area contributed by atoms with E-state index in [9.17, 15) is 4.79 Å². The van der Waals surface area contributed by atoms with Crippen LogP contribution in [0.3, 0.4) is 0 Å². The lowest BCUT2D eigenvalue weighted by molar-refractivity contribution is 0.0746. The summed E-state index contributed by atoms with van der Waals surface area (Å²) in [5, 5.41) is 12.5. The first-order valence-electron chi connectivity index (χ1n) is 8.30. The number of amides is 1. The second-order valence-electron chi connectivity index (χ2n) is 6.24. The number of aromatic nitrogens is 3. The van der Waals surface area contributed by atoms with E-state index in [0.29, 0.717) is 24.6 Å². The molecule has 1 saturated carbocycles. The maximum atomic E-state index is 12.8. The molecule has 3 aromatic heterocycles. The Balaban J connectivity index is 0.00000196. The van der Waals surface area contributed by atoms with Crippen LogP contribution >= 0.6 is 11.3 Å². The van der Waals surface area contributed by atoms with Gasteiger partial charge in [0.1, 0.15) is 16.3 Å². The Hall–Kier alpha value is -2.72. The number of H-pyrrole nitrogens is 1. The molecule has 1 fully saturated rings. The Morgan fingerprint density at radius 2 is 2.36 bits per heavy atom. The molecule has 1 amide bonds. The predicted octanol–water partition coefficient (Wildman–Crippen LogP) is 3.70. The first-order chi connectivity index (χ1) is 12.3. The Morgan fingerprint density at radius 3 is 3.16 bits per heavy atom. The highest BCUT2D eigenvalue weighted by atomic mass is 32.1. The van der Waals surface area contributed by atoms with Crippen LogP contribution in [0.25, 0.3) is 21.6 Å². The SMILES string of the molecule is N#CCCN(CC1CC1)C(=O)c1csc(-c2ccnc3[nH]ccc23)n1.[HH]. The Morgan fingerprint density at radius 1 is 1.48 bits per heavy atom. The van der Waals surface area contributed by atoms with Gasteiger partial charge < -0.3 is 9.88 Å². The minimum absolute atomic E-state index is 0. The maximum absolute atomic E-state index is 12.8. The molecule has 6 nitrogen and oxygen atoms in total. The fourth-order valence-corrected chi connectivity index (χ4v) is 3.71. The first-order valence-corrected chi connectivity index (χ1v) is 9.18. The van der Waals surface area contributed by atoms with E-state index in [2.05, 4.69) is 21.0 Å². The summed E-state index contributed by atoms with van der Waals surface area (Å²) in [6.45, 7) is 1.20. The zero-order valence-corrected chi connectivity index (χ0v) is 14.4. The van der Waals surface area contributed by atoms with Crippen molar-refractivity contribution in [3.63, 3.8) is 0 Å². The number of nitrogens with one attached hydrogen (secondary N) is 1. The van der Waals surface area contributed by atoms with Gasteiger partial charge in [-0.2, -0.15) is 5.26 Å². The molecule has 3 aromatic rings. The summed E-state index contributed by atoms with van der Waals surface area (Å²) in [4.78, 5) is 26.5. The molecule has 1 aliphatic carbocycles. The van der Waals surface area contributed by atoms with Gasteiger partial charge in [-0.05, 0) is 30.9 Å². The molecule has 0 radical (unpaired) electrons. The average Bonchev–Trinajstić information content (AvgIpc) is 3.12. The van der Waals surface area contributed by atoms with E-state index < -0.39 is 0 Å². The number of thiazole rings is 1. The third-order valence-corrected chi connectivity index (χ3v) is 5.25. The van der Waals surface area contributed by atoms with Crippen LogP contribution in [0.1, 0.15) is 31.2 Å². The van der Waals surface area contributed by atoms with Gasteiger partial charge >= 0.3 is 0 Å². The van der Waals surface area contributed by atoms with Crippen molar-refractivity contribution in [1.82, 2.24) is 19.9 Å². The number of hydrogen-bond donors (Lipinski definition) is 1. The molecule has 128 valence electrons. The van der Waals surface area contributed by atoms with Crippen molar-refractivity contribution in [2.45, 2.75) is 19.3 Å². The standard InChI is InChI=1S/C18H17N5OS.H2/c19-6-1-9-23(10-12-2-3-12)18(24)15-11-25-17(22-15)14-5-8-21-16-13(14)4-7-20-16;/h4-5,7-8,11-12H,1-3,9-10H2,(H,20,21);1H. The van der Waals surface area contributed by atoms with Gasteiger partial charge in [0.15, 0.2) is 0 Å². The molecule has 0 bridgehead atoms. The van der Waals surface area contributed by atoms with Crippen molar-refractivity contribution in [2.24, 2.45) is 5.92 Å². The van der Waals surface area contributed by atoms with Crippen molar-refractivity contribution in [2.75, 3.05) is 13.1 Å². The molecule has 0 saturated heterocycles. The summed E-state index contributed by atoms with van der Waals surface area (Å²) < 4.78 is 0. The number of carbonyl (C=O) groups is 1. The van der Waals surface area contributed by atoms with E-state index in [-0.39, 0.29) is 7.33 Å². The summed E-state index contributed by atoms with van der Waals surface area (Å²) in [6.07, 6.45) is 6.27. The molecule has 0 atom stereocenters. The number of carbonyl (C=O) groups excluding carboxylic acids is 1. The molecule has 0 unspecified atom stereocenters. The second-order valence-corrected chi connectivity index (χ2v) is 7.10. The summed E-state index contributed by atoms with van der Waals surface area (Å²) in [5.74, 6) is 0.504. The first kappa shape index (κ1) is 15.8. The molecular formula is C18H19N5OS. The van der Waals surface area contributed by atoms with Crippen molar-refractivity contribution in [3.8, 4) is 16.6 Å². The molecule has 4 rings (SSSR count). The number of hydrogen-bond acceptors (Lipinski definition) is 5. The van der Waals surface area contributed by atoms with Crippen molar-refractivity contribution >= 4 is 28.3 Å². The number of nitrogens with zero attached hydrogens (tertiary/aromatic N) is 4. The Labute approximate surface area is 150 Å². The van der Waals surface area contributed by atoms with E-state index in [1.54, 1.807) is 11.1 Å². The largest absolute Gasteiger partial charge is 0.346 e. The van der Waals surface area contributed by atoms with E-state index in [1.807, 2.05) is 23.7 Å². The second kappa shape index (κ2) is 6.65. The highest BCUT2D eigenvalue weighted by Crippen LogP contribution is 2.32. The van der Waals surface area contributed by atoms with Crippen LogP contribution in [0.5, 0.6) is 0 Å². The van der Waals surface area contributed by atoms with E-state index in [4.69, 9.17) is 5.26 Å². The number of nitriles is 1. The van der Waals surface area contributed by atoms with E-state index >= 15 is 0 Å². The molecule has 0 aromatic carbocycles. The van der Waals surface area contributed by atoms with Crippen LogP contribution in [0.4, 0.5) is 0 Å². The average molecular weight is 353 g/mol. The van der Waals surface area contributed by atoms with Gasteiger partial charge in [0.05, 0.1) is 12.5 Å². The molecule has 1 N–H and O–H groups in total. The summed E-state index contributed by atoms with van der Waals surface area (Å²) in [5.41, 5.74) is 2.24. The maximum Gasteiger partial charge on any atom is 0.273 e. The monoisotopic (exact) mass is 353 g/mol. The fraction of sp³-hybridized carbons (Fsp3) is 0.333. The van der Waals surface area contributed by atoms with Gasteiger partial charge in [-0.3, -0.25) is 4.79 Å². The molecular weight excluding hydrogens is 334 g/mol. The Bertz CT molecular complexity index is 956. The van der Waals surface area contributed by atoms with Gasteiger partial charge in [0, 0.05) is 43.2 Å². The van der Waals surface area contributed by atoms with Crippen LogP contribution < -0.4 is 0 Å². The molecule has 1 aliphatic rings. The van der Waals surface area contributed by atoms with Crippen LogP contribution in [0, 0.1) is 17.2 Å².